The van der Waals surface area contributed by atoms with Gasteiger partial charge in [-0.1, -0.05) is 5.16 Å². The summed E-state index contributed by atoms with van der Waals surface area (Å²) < 4.78 is 51.0. The fourth-order valence-corrected chi connectivity index (χ4v) is 6.65. The molecule has 1 amide bonds. The Labute approximate surface area is 316 Å². The van der Waals surface area contributed by atoms with E-state index in [1.54, 1.807) is 14.2 Å². The van der Waals surface area contributed by atoms with Crippen LogP contribution in [-0.2, 0) is 33.4 Å². The highest BCUT2D eigenvalue weighted by Gasteiger charge is 2.49. The molecule has 1 aliphatic carbocycles. The summed E-state index contributed by atoms with van der Waals surface area (Å²) in [4.78, 5) is 36.4. The number of carbonyl (C=O) groups is 2. The van der Waals surface area contributed by atoms with Crippen LogP contribution < -0.4 is 33.8 Å². The number of aromatic nitrogens is 1. The van der Waals surface area contributed by atoms with Gasteiger partial charge < -0.3 is 67.8 Å². The summed E-state index contributed by atoms with van der Waals surface area (Å²) in [6.07, 6.45) is -0.0762. The number of benzene rings is 2. The SMILES string of the molecule is COc1cc([C@@H]2c3cc4c(cc3C3=NOCC3[C@@H]2C(=O)NCCOCCOCCOCCOCCC(=O)On2c(O)ccc2O)OCO4)cc(OC)c1OC. The van der Waals surface area contributed by atoms with E-state index in [4.69, 9.17) is 52.3 Å². The van der Waals surface area contributed by atoms with Crippen LogP contribution in [0, 0.1) is 11.8 Å². The quantitative estimate of drug-likeness (QED) is 0.133. The van der Waals surface area contributed by atoms with Crippen molar-refractivity contribution in [2.75, 3.05) is 94.1 Å². The lowest BCUT2D eigenvalue weighted by Gasteiger charge is -2.37. The first-order valence-electron chi connectivity index (χ1n) is 17.7. The molecule has 0 saturated carbocycles. The number of aromatic hydroxyl groups is 2. The maximum Gasteiger partial charge on any atom is 0.335 e. The topological polar surface area (TPSA) is 205 Å². The van der Waals surface area contributed by atoms with Crippen LogP contribution in [0.4, 0.5) is 0 Å². The smallest absolute Gasteiger partial charge is 0.335 e. The maximum atomic E-state index is 14.1. The zero-order valence-electron chi connectivity index (χ0n) is 30.8. The zero-order valence-corrected chi connectivity index (χ0v) is 30.8. The van der Waals surface area contributed by atoms with Gasteiger partial charge in [0.1, 0.15) is 6.61 Å². The van der Waals surface area contributed by atoms with Crippen molar-refractivity contribution in [3.8, 4) is 40.5 Å². The van der Waals surface area contributed by atoms with Crippen LogP contribution in [0.25, 0.3) is 0 Å². The Morgan fingerprint density at radius 3 is 2.04 bits per heavy atom. The largest absolute Gasteiger partial charge is 0.493 e. The summed E-state index contributed by atoms with van der Waals surface area (Å²) in [7, 11) is 4.63. The van der Waals surface area contributed by atoms with Gasteiger partial charge in [0.25, 0.3) is 0 Å². The molecule has 3 aromatic rings. The number of amides is 1. The lowest BCUT2D eigenvalue weighted by atomic mass is 9.65. The monoisotopic (exact) mass is 771 g/mol. The van der Waals surface area contributed by atoms with E-state index in [1.807, 2.05) is 24.3 Å². The molecule has 2 aromatic carbocycles. The number of carbonyl (C=O) groups excluding carboxylic acids is 2. The van der Waals surface area contributed by atoms with Gasteiger partial charge >= 0.3 is 5.97 Å². The van der Waals surface area contributed by atoms with Crippen LogP contribution in [0.5, 0.6) is 40.5 Å². The van der Waals surface area contributed by atoms with Gasteiger partial charge in [-0.25, -0.2) is 4.79 Å². The van der Waals surface area contributed by atoms with E-state index >= 15 is 0 Å². The number of oxime groups is 1. The summed E-state index contributed by atoms with van der Waals surface area (Å²) in [6.45, 7) is 2.83. The second kappa shape index (κ2) is 18.7. The summed E-state index contributed by atoms with van der Waals surface area (Å²) >= 11 is 0. The van der Waals surface area contributed by atoms with Gasteiger partial charge in [0.15, 0.2) is 23.0 Å². The van der Waals surface area contributed by atoms with Gasteiger partial charge in [-0.2, -0.15) is 0 Å². The van der Waals surface area contributed by atoms with Crippen molar-refractivity contribution in [1.29, 1.82) is 0 Å². The Balaban J connectivity index is 0.937. The van der Waals surface area contributed by atoms with Gasteiger partial charge in [-0.15, -0.1) is 4.73 Å². The van der Waals surface area contributed by atoms with Gasteiger partial charge in [-0.3, -0.25) is 4.79 Å². The normalized spacial score (nSPS) is 17.8. The fraction of sp³-hybridized carbons (Fsp3) is 0.486. The summed E-state index contributed by atoms with van der Waals surface area (Å²) in [5.74, 6) is -0.521. The molecule has 55 heavy (non-hydrogen) atoms. The van der Waals surface area contributed by atoms with Gasteiger partial charge in [0.2, 0.25) is 30.2 Å². The van der Waals surface area contributed by atoms with Crippen molar-refractivity contribution in [3.63, 3.8) is 0 Å². The predicted octanol–water partition coefficient (Wildman–Crippen LogP) is 1.99. The van der Waals surface area contributed by atoms with E-state index in [9.17, 15) is 19.8 Å². The van der Waals surface area contributed by atoms with Crippen molar-refractivity contribution in [1.82, 2.24) is 10.0 Å². The van der Waals surface area contributed by atoms with Crippen molar-refractivity contribution >= 4 is 17.6 Å². The average molecular weight is 772 g/mol. The Kier molecular flexibility index (Phi) is 13.4. The number of nitrogens with one attached hydrogen (secondary N) is 1. The molecule has 1 aromatic heterocycles. The number of nitrogens with zero attached hydrogens (tertiary/aromatic N) is 2. The molecule has 18 nitrogen and oxygen atoms in total. The van der Waals surface area contributed by atoms with Crippen LogP contribution in [0.15, 0.2) is 41.6 Å². The molecule has 3 N–H and O–H groups in total. The first kappa shape index (κ1) is 39.3. The number of rotatable bonds is 21. The number of methoxy groups -OCH3 is 3. The van der Waals surface area contributed by atoms with Crippen molar-refractivity contribution < 1.29 is 72.1 Å². The second-order valence-corrected chi connectivity index (χ2v) is 12.4. The first-order valence-corrected chi connectivity index (χ1v) is 17.7. The molecule has 0 saturated heterocycles. The van der Waals surface area contributed by atoms with E-state index in [-0.39, 0.29) is 58.0 Å². The molecular weight excluding hydrogens is 726 g/mol. The standard InChI is InChI=1S/C37H45N3O15/c1-45-28-16-22(17-29(46-2)36(28)47-3)33-23-18-26-27(53-21-52-26)19-24(23)35-25(20-54-39-35)34(33)37(44)38-7-9-49-11-13-51-15-14-50-12-10-48-8-6-32(43)55-40-30(41)4-5-31(40)42/h4-5,16-19,25,33-34,41-42H,6-15,20-21H2,1-3H3,(H,38,44)/t25?,33-,34+/m1/s1. The van der Waals surface area contributed by atoms with Crippen molar-refractivity contribution in [2.24, 2.45) is 17.0 Å². The fourth-order valence-electron chi connectivity index (χ4n) is 6.65. The lowest BCUT2D eigenvalue weighted by molar-refractivity contribution is -0.146. The molecule has 18 heteroatoms. The molecule has 2 aliphatic heterocycles. The van der Waals surface area contributed by atoms with Crippen LogP contribution in [-0.4, -0.2) is 127 Å². The minimum atomic E-state index is -0.681. The van der Waals surface area contributed by atoms with Crippen molar-refractivity contribution in [2.45, 2.75) is 12.3 Å². The number of hydrogen-bond acceptors (Lipinski definition) is 16. The van der Waals surface area contributed by atoms with Crippen LogP contribution >= 0.6 is 0 Å². The number of hydrogen-bond donors (Lipinski definition) is 3. The number of fused-ring (bicyclic) bond motifs is 4. The lowest BCUT2D eigenvalue weighted by Crippen LogP contribution is -2.46. The average Bonchev–Trinajstić information content (AvgIpc) is 3.95. The Morgan fingerprint density at radius 2 is 1.42 bits per heavy atom. The predicted molar refractivity (Wildman–Crippen MR) is 190 cm³/mol. The van der Waals surface area contributed by atoms with Crippen molar-refractivity contribution in [3.05, 3.63) is 53.1 Å². The molecule has 0 fully saturated rings. The molecule has 298 valence electrons. The molecule has 3 aliphatic rings. The molecule has 3 atom stereocenters. The van der Waals surface area contributed by atoms with Gasteiger partial charge in [0.05, 0.1) is 98.2 Å². The summed E-state index contributed by atoms with van der Waals surface area (Å²) in [5.41, 5.74) is 3.12. The molecule has 0 radical (unpaired) electrons. The second-order valence-electron chi connectivity index (χ2n) is 12.4. The summed E-state index contributed by atoms with van der Waals surface area (Å²) in [5, 5.41) is 26.4. The summed E-state index contributed by atoms with van der Waals surface area (Å²) in [6, 6.07) is 9.90. The van der Waals surface area contributed by atoms with E-state index < -0.39 is 29.6 Å². The highest BCUT2D eigenvalue weighted by molar-refractivity contribution is 6.08. The molecule has 3 heterocycles. The molecule has 0 spiro atoms. The van der Waals surface area contributed by atoms with E-state index in [2.05, 4.69) is 10.5 Å². The number of ether oxygens (including phenoxy) is 9. The van der Waals surface area contributed by atoms with Crippen LogP contribution in [0.1, 0.15) is 29.0 Å². The third kappa shape index (κ3) is 9.10. The first-order chi connectivity index (χ1) is 26.8. The minimum absolute atomic E-state index is 0.0762. The Morgan fingerprint density at radius 1 is 0.818 bits per heavy atom. The highest BCUT2D eigenvalue weighted by atomic mass is 16.7. The molecule has 0 bridgehead atoms. The Hall–Kier alpha value is -5.43. The molecular formula is C37H45N3O15. The molecule has 1 unspecified atom stereocenters. The minimum Gasteiger partial charge on any atom is -0.493 e. The van der Waals surface area contributed by atoms with Gasteiger partial charge in [-0.05, 0) is 35.4 Å². The third-order valence-corrected chi connectivity index (χ3v) is 9.17. The maximum absolute atomic E-state index is 14.1. The van der Waals surface area contributed by atoms with E-state index in [1.165, 1.54) is 19.2 Å². The van der Waals surface area contributed by atoms with Crippen LogP contribution in [0.2, 0.25) is 0 Å². The highest BCUT2D eigenvalue weighted by Crippen LogP contribution is 2.52. The zero-order chi connectivity index (χ0) is 38.7. The van der Waals surface area contributed by atoms with E-state index in [0.29, 0.717) is 72.2 Å². The van der Waals surface area contributed by atoms with Gasteiger partial charge in [0, 0.05) is 30.2 Å². The molecule has 6 rings (SSSR count). The van der Waals surface area contributed by atoms with E-state index in [0.717, 1.165) is 16.7 Å². The van der Waals surface area contributed by atoms with Crippen LogP contribution in [0.3, 0.4) is 0 Å². The third-order valence-electron chi connectivity index (χ3n) is 9.17. The Bertz CT molecular complexity index is 1780.